The maximum absolute atomic E-state index is 13.3. The molecule has 1 fully saturated rings. The van der Waals surface area contributed by atoms with Gasteiger partial charge >= 0.3 is 11.9 Å². The molecule has 0 bridgehead atoms. The smallest absolute Gasteiger partial charge is 0.323 e. The highest BCUT2D eigenvalue weighted by Crippen LogP contribution is 2.31. The van der Waals surface area contributed by atoms with Crippen LogP contribution in [0.15, 0.2) is 24.3 Å². The van der Waals surface area contributed by atoms with Crippen LogP contribution in [0.1, 0.15) is 52.4 Å². The number of carboxylic acid groups (broad SMARTS) is 1. The first-order valence-corrected chi connectivity index (χ1v) is 12.7. The van der Waals surface area contributed by atoms with Crippen LogP contribution < -0.4 is 15.0 Å². The van der Waals surface area contributed by atoms with Crippen molar-refractivity contribution < 1.29 is 33.8 Å². The quantitative estimate of drug-likeness (QED) is 0.348. The van der Waals surface area contributed by atoms with Crippen LogP contribution in [0.4, 0.5) is 5.69 Å². The van der Waals surface area contributed by atoms with Gasteiger partial charge in [0.1, 0.15) is 31.0 Å². The number of carbonyl (C=O) groups excluding carboxylic acids is 3. The van der Waals surface area contributed by atoms with Crippen molar-refractivity contribution in [2.75, 3.05) is 37.7 Å². The van der Waals surface area contributed by atoms with Crippen LogP contribution in [0.2, 0.25) is 0 Å². The highest BCUT2D eigenvalue weighted by Gasteiger charge is 2.35. The van der Waals surface area contributed by atoms with E-state index in [1.165, 1.54) is 4.90 Å². The van der Waals surface area contributed by atoms with Crippen molar-refractivity contribution in [3.63, 3.8) is 0 Å². The van der Waals surface area contributed by atoms with E-state index in [-0.39, 0.29) is 19.1 Å². The summed E-state index contributed by atoms with van der Waals surface area (Å²) in [5, 5.41) is 12.5. The molecule has 36 heavy (non-hydrogen) atoms. The first-order chi connectivity index (χ1) is 17.3. The number of anilines is 1. The first-order valence-electron chi connectivity index (χ1n) is 12.7. The zero-order valence-corrected chi connectivity index (χ0v) is 21.1. The van der Waals surface area contributed by atoms with Crippen molar-refractivity contribution in [3.8, 4) is 5.75 Å². The Morgan fingerprint density at radius 2 is 1.92 bits per heavy atom. The van der Waals surface area contributed by atoms with Gasteiger partial charge < -0.3 is 19.5 Å². The van der Waals surface area contributed by atoms with Gasteiger partial charge in [0, 0.05) is 20.0 Å². The molecule has 1 aromatic rings. The first kappa shape index (κ1) is 27.4. The van der Waals surface area contributed by atoms with Crippen LogP contribution in [0.5, 0.6) is 5.75 Å². The van der Waals surface area contributed by atoms with Crippen LogP contribution >= 0.6 is 0 Å². The van der Waals surface area contributed by atoms with Gasteiger partial charge in [-0.25, -0.2) is 0 Å². The lowest BCUT2D eigenvalue weighted by Crippen LogP contribution is -2.54. The van der Waals surface area contributed by atoms with Crippen LogP contribution in [0.3, 0.4) is 0 Å². The number of rotatable bonds is 11. The Balaban J connectivity index is 1.60. The fourth-order valence-electron chi connectivity index (χ4n) is 4.84. The Labute approximate surface area is 211 Å². The summed E-state index contributed by atoms with van der Waals surface area (Å²) in [6, 6.07) is 5.17. The maximum atomic E-state index is 13.3. The summed E-state index contributed by atoms with van der Waals surface area (Å²) >= 11 is 0. The summed E-state index contributed by atoms with van der Waals surface area (Å²) in [5.41, 5.74) is 0.387. The standard InChI is InChI=1S/C26H37N3O7/c1-3-35-26(34)20(9-5-4-8-19-12-14-28(15-13-19)18(2)30)27-21-17-36-23-11-7-6-10-22(23)29(25(21)33)16-24(31)32/h6-7,10-11,19-21,27H,3-5,8-9,12-17H2,1-2H3,(H,31,32)/t20-,21?/m0/s1. The number of esters is 1. The molecule has 1 aromatic carbocycles. The topological polar surface area (TPSA) is 125 Å². The fraction of sp³-hybridized carbons (Fsp3) is 0.615. The van der Waals surface area contributed by atoms with Gasteiger partial charge in [0.2, 0.25) is 11.8 Å². The lowest BCUT2D eigenvalue weighted by atomic mass is 9.91. The predicted molar refractivity (Wildman–Crippen MR) is 133 cm³/mol. The molecular formula is C26H37N3O7. The van der Waals surface area contributed by atoms with Gasteiger partial charge in [-0.1, -0.05) is 31.4 Å². The lowest BCUT2D eigenvalue weighted by molar-refractivity contribution is -0.146. The number of ether oxygens (including phenoxy) is 2. The number of aliphatic carboxylic acids is 1. The third-order valence-corrected chi connectivity index (χ3v) is 6.81. The number of benzene rings is 1. The van der Waals surface area contributed by atoms with Gasteiger partial charge in [-0.15, -0.1) is 0 Å². The van der Waals surface area contributed by atoms with E-state index in [2.05, 4.69) is 5.32 Å². The van der Waals surface area contributed by atoms with Crippen LogP contribution in [-0.4, -0.2) is 78.7 Å². The van der Waals surface area contributed by atoms with Crippen LogP contribution in [0, 0.1) is 5.92 Å². The minimum absolute atomic E-state index is 0.0312. The summed E-state index contributed by atoms with van der Waals surface area (Å²) in [7, 11) is 0. The monoisotopic (exact) mass is 503 g/mol. The summed E-state index contributed by atoms with van der Waals surface area (Å²) in [6.07, 6.45) is 5.19. The Bertz CT molecular complexity index is 930. The van der Waals surface area contributed by atoms with Gasteiger partial charge in [-0.3, -0.25) is 29.4 Å². The van der Waals surface area contributed by atoms with E-state index in [1.807, 2.05) is 4.90 Å². The second-order valence-electron chi connectivity index (χ2n) is 9.35. The molecule has 2 amide bonds. The maximum Gasteiger partial charge on any atom is 0.323 e. The summed E-state index contributed by atoms with van der Waals surface area (Å²) < 4.78 is 11.1. The molecule has 198 valence electrons. The molecule has 2 heterocycles. The molecule has 0 saturated carbocycles. The largest absolute Gasteiger partial charge is 0.489 e. The number of unbranched alkanes of at least 4 members (excludes halogenated alkanes) is 1. The Morgan fingerprint density at radius 3 is 2.58 bits per heavy atom. The zero-order valence-electron chi connectivity index (χ0n) is 21.1. The molecule has 0 aromatic heterocycles. The van der Waals surface area contributed by atoms with Gasteiger partial charge in [0.15, 0.2) is 0 Å². The number of para-hydroxylation sites is 2. The lowest BCUT2D eigenvalue weighted by Gasteiger charge is -2.31. The van der Waals surface area contributed by atoms with Crippen molar-refractivity contribution in [2.24, 2.45) is 5.92 Å². The van der Waals surface area contributed by atoms with E-state index in [0.717, 1.165) is 45.2 Å². The van der Waals surface area contributed by atoms with Crippen molar-refractivity contribution in [1.29, 1.82) is 0 Å². The number of amides is 2. The zero-order chi connectivity index (χ0) is 26.1. The Kier molecular flexibility index (Phi) is 10.1. The minimum atomic E-state index is -1.14. The van der Waals surface area contributed by atoms with Gasteiger partial charge in [0.25, 0.3) is 0 Å². The number of hydrogen-bond acceptors (Lipinski definition) is 7. The molecular weight excluding hydrogens is 466 g/mol. The predicted octanol–water partition coefficient (Wildman–Crippen LogP) is 2.21. The number of carboxylic acids is 1. The summed E-state index contributed by atoms with van der Waals surface area (Å²) in [4.78, 5) is 52.1. The minimum Gasteiger partial charge on any atom is -0.489 e. The summed E-state index contributed by atoms with van der Waals surface area (Å²) in [5.74, 6) is -0.941. The fourth-order valence-corrected chi connectivity index (χ4v) is 4.84. The molecule has 3 rings (SSSR count). The number of hydrogen-bond donors (Lipinski definition) is 2. The van der Waals surface area contributed by atoms with Crippen LogP contribution in [0.25, 0.3) is 0 Å². The number of likely N-dealkylation sites (tertiary alicyclic amines) is 1. The number of piperidine rings is 1. The molecule has 2 N–H and O–H groups in total. The van der Waals surface area contributed by atoms with Gasteiger partial charge in [0.05, 0.1) is 12.3 Å². The van der Waals surface area contributed by atoms with Crippen molar-refractivity contribution in [1.82, 2.24) is 10.2 Å². The highest BCUT2D eigenvalue weighted by atomic mass is 16.5. The second-order valence-corrected chi connectivity index (χ2v) is 9.35. The van der Waals surface area contributed by atoms with Gasteiger partial charge in [-0.2, -0.15) is 0 Å². The number of carbonyl (C=O) groups is 4. The molecule has 1 saturated heterocycles. The molecule has 0 aliphatic carbocycles. The third kappa shape index (κ3) is 7.43. The SMILES string of the molecule is CCOC(=O)[C@H](CCCCC1CCN(C(C)=O)CC1)NC1COc2ccccc2N(CC(=O)O)C1=O. The number of nitrogens with zero attached hydrogens (tertiary/aromatic N) is 2. The summed E-state index contributed by atoms with van der Waals surface area (Å²) in [6.45, 7) is 4.61. The molecule has 2 atom stereocenters. The molecule has 10 heteroatoms. The van der Waals surface area contributed by atoms with E-state index in [4.69, 9.17) is 9.47 Å². The van der Waals surface area contributed by atoms with E-state index >= 15 is 0 Å². The van der Waals surface area contributed by atoms with Gasteiger partial charge in [-0.05, 0) is 44.2 Å². The van der Waals surface area contributed by atoms with Crippen LogP contribution in [-0.2, 0) is 23.9 Å². The average molecular weight is 504 g/mol. The number of fused-ring (bicyclic) bond motifs is 1. The van der Waals surface area contributed by atoms with Crippen molar-refractivity contribution in [3.05, 3.63) is 24.3 Å². The van der Waals surface area contributed by atoms with Crippen molar-refractivity contribution in [2.45, 2.75) is 64.5 Å². The molecule has 0 spiro atoms. The van der Waals surface area contributed by atoms with E-state index in [9.17, 15) is 24.3 Å². The molecule has 10 nitrogen and oxygen atoms in total. The van der Waals surface area contributed by atoms with E-state index in [1.54, 1.807) is 38.1 Å². The van der Waals surface area contributed by atoms with Crippen molar-refractivity contribution >= 4 is 29.4 Å². The molecule has 2 aliphatic heterocycles. The highest BCUT2D eigenvalue weighted by molar-refractivity contribution is 6.02. The number of nitrogens with one attached hydrogen (secondary N) is 1. The second kappa shape index (κ2) is 13.2. The Morgan fingerprint density at radius 1 is 1.19 bits per heavy atom. The van der Waals surface area contributed by atoms with E-state index < -0.39 is 36.5 Å². The Hall–Kier alpha value is -3.14. The third-order valence-electron chi connectivity index (χ3n) is 6.81. The normalized spacial score (nSPS) is 19.2. The van der Waals surface area contributed by atoms with E-state index in [0.29, 0.717) is 23.8 Å². The molecule has 0 radical (unpaired) electrons. The molecule has 1 unspecified atom stereocenters. The molecule has 2 aliphatic rings. The average Bonchev–Trinajstić information content (AvgIpc) is 2.98.